The summed E-state index contributed by atoms with van der Waals surface area (Å²) in [5, 5.41) is 3.41. The van der Waals surface area contributed by atoms with Gasteiger partial charge in [-0.05, 0) is 84.6 Å². The lowest BCUT2D eigenvalue weighted by Crippen LogP contribution is -2.53. The predicted molar refractivity (Wildman–Crippen MR) is 170 cm³/mol. The van der Waals surface area contributed by atoms with Crippen LogP contribution >= 0.6 is 27.5 Å². The van der Waals surface area contributed by atoms with Crippen molar-refractivity contribution in [2.75, 3.05) is 18.0 Å². The van der Waals surface area contributed by atoms with Crippen LogP contribution in [-0.2, 0) is 26.2 Å². The van der Waals surface area contributed by atoms with Gasteiger partial charge in [-0.3, -0.25) is 13.9 Å². The van der Waals surface area contributed by atoms with Gasteiger partial charge in [-0.1, -0.05) is 61.3 Å². The Labute approximate surface area is 262 Å². The Kier molecular flexibility index (Phi) is 11.8. The molecule has 42 heavy (non-hydrogen) atoms. The highest BCUT2D eigenvalue weighted by Gasteiger charge is 2.34. The molecule has 11 heteroatoms. The molecule has 0 aliphatic carbocycles. The van der Waals surface area contributed by atoms with Crippen LogP contribution in [0.1, 0.15) is 44.7 Å². The maximum Gasteiger partial charge on any atom is 0.264 e. The highest BCUT2D eigenvalue weighted by Crippen LogP contribution is 2.31. The van der Waals surface area contributed by atoms with E-state index < -0.39 is 28.5 Å². The normalized spacial score (nSPS) is 12.7. The molecule has 0 radical (unpaired) electrons. The molecule has 0 saturated heterocycles. The first kappa shape index (κ1) is 33.4. The van der Waals surface area contributed by atoms with Crippen molar-refractivity contribution in [3.05, 3.63) is 87.4 Å². The summed E-state index contributed by atoms with van der Waals surface area (Å²) in [4.78, 5) is 29.0. The summed E-state index contributed by atoms with van der Waals surface area (Å²) in [5.41, 5.74) is 1.89. The Bertz CT molecular complexity index is 1500. The van der Waals surface area contributed by atoms with Crippen LogP contribution in [0.4, 0.5) is 5.69 Å². The van der Waals surface area contributed by atoms with Crippen LogP contribution in [0.5, 0.6) is 5.75 Å². The third-order valence-electron chi connectivity index (χ3n) is 7.00. The molecule has 8 nitrogen and oxygen atoms in total. The minimum Gasteiger partial charge on any atom is -0.496 e. The Morgan fingerprint density at radius 2 is 1.69 bits per heavy atom. The number of halogens is 2. The quantitative estimate of drug-likeness (QED) is 0.228. The van der Waals surface area contributed by atoms with E-state index in [4.69, 9.17) is 16.3 Å². The second-order valence-corrected chi connectivity index (χ2v) is 13.1. The summed E-state index contributed by atoms with van der Waals surface area (Å²) in [7, 11) is -2.74. The lowest BCUT2D eigenvalue weighted by molar-refractivity contribution is -0.140. The standard InChI is InChI=1S/C31H37BrClN3O5S/c1-6-22(4)34-31(38)28(7-2)35(19-23-10-8-9-11-27(23)33)30(37)20-36(24-14-12-21(3)13-15-24)42(39,40)25-16-17-29(41-5)26(32)18-25/h8-18,22,28H,6-7,19-20H2,1-5H3,(H,34,38)/t22-,28-/m1/s1. The Balaban J connectivity index is 2.09. The number of aryl methyl sites for hydroxylation is 1. The third-order valence-corrected chi connectivity index (χ3v) is 9.76. The minimum atomic E-state index is -4.23. The summed E-state index contributed by atoms with van der Waals surface area (Å²) >= 11 is 9.82. The van der Waals surface area contributed by atoms with Crippen molar-refractivity contribution in [2.45, 2.75) is 64.1 Å². The number of amides is 2. The van der Waals surface area contributed by atoms with Crippen LogP contribution in [0.3, 0.4) is 0 Å². The van der Waals surface area contributed by atoms with E-state index in [1.165, 1.54) is 24.1 Å². The van der Waals surface area contributed by atoms with Crippen LogP contribution < -0.4 is 14.4 Å². The number of rotatable bonds is 13. The monoisotopic (exact) mass is 677 g/mol. The molecular formula is C31H37BrClN3O5S. The zero-order chi connectivity index (χ0) is 31.0. The molecule has 0 fully saturated rings. The van der Waals surface area contributed by atoms with E-state index in [1.807, 2.05) is 27.7 Å². The number of nitrogens with zero attached hydrogens (tertiary/aromatic N) is 2. The highest BCUT2D eigenvalue weighted by molar-refractivity contribution is 9.10. The van der Waals surface area contributed by atoms with Crippen LogP contribution in [-0.4, -0.2) is 50.9 Å². The second kappa shape index (κ2) is 14.9. The van der Waals surface area contributed by atoms with Crippen LogP contribution in [0.2, 0.25) is 5.02 Å². The number of hydrogen-bond acceptors (Lipinski definition) is 5. The van der Waals surface area contributed by atoms with E-state index in [9.17, 15) is 18.0 Å². The summed E-state index contributed by atoms with van der Waals surface area (Å²) in [6, 6.07) is 17.4. The van der Waals surface area contributed by atoms with Gasteiger partial charge in [-0.25, -0.2) is 8.42 Å². The molecule has 2 amide bonds. The van der Waals surface area contributed by atoms with Crippen LogP contribution in [0, 0.1) is 6.92 Å². The lowest BCUT2D eigenvalue weighted by Gasteiger charge is -2.34. The Morgan fingerprint density at radius 3 is 2.26 bits per heavy atom. The van der Waals surface area contributed by atoms with Crippen LogP contribution in [0.25, 0.3) is 0 Å². The molecule has 0 saturated carbocycles. The minimum absolute atomic E-state index is 0.0252. The van der Waals surface area contributed by atoms with E-state index in [0.29, 0.717) is 32.9 Å². The number of carbonyl (C=O) groups is 2. The van der Waals surface area contributed by atoms with Gasteiger partial charge in [-0.15, -0.1) is 0 Å². The first-order valence-corrected chi connectivity index (χ1v) is 16.3. The molecule has 0 unspecified atom stereocenters. The molecule has 0 aromatic heterocycles. The summed E-state index contributed by atoms with van der Waals surface area (Å²) < 4.78 is 35.0. The Hall–Kier alpha value is -3.08. The number of sulfonamides is 1. The van der Waals surface area contributed by atoms with E-state index in [2.05, 4.69) is 21.2 Å². The first-order chi connectivity index (χ1) is 19.9. The van der Waals surface area contributed by atoms with E-state index in [-0.39, 0.29) is 23.4 Å². The smallest absolute Gasteiger partial charge is 0.264 e. The van der Waals surface area contributed by atoms with Gasteiger partial charge in [0.05, 0.1) is 22.2 Å². The SMILES string of the molecule is CC[C@@H](C)NC(=O)[C@@H](CC)N(Cc1ccccc1Cl)C(=O)CN(c1ccc(C)cc1)S(=O)(=O)c1ccc(OC)c(Br)c1. The fraction of sp³-hybridized carbons (Fsp3) is 0.355. The van der Waals surface area contributed by atoms with Crippen molar-refractivity contribution in [2.24, 2.45) is 0 Å². The largest absolute Gasteiger partial charge is 0.496 e. The van der Waals surface area contributed by atoms with Crippen molar-refractivity contribution in [3.63, 3.8) is 0 Å². The maximum atomic E-state index is 14.2. The molecule has 0 spiro atoms. The first-order valence-electron chi connectivity index (χ1n) is 13.7. The number of benzene rings is 3. The molecule has 0 aliphatic rings. The maximum absolute atomic E-state index is 14.2. The molecule has 3 aromatic rings. The summed E-state index contributed by atoms with van der Waals surface area (Å²) in [6.45, 7) is 7.05. The van der Waals surface area contributed by atoms with Crippen molar-refractivity contribution in [3.8, 4) is 5.75 Å². The molecule has 1 N–H and O–H groups in total. The molecule has 3 rings (SSSR count). The van der Waals surface area contributed by atoms with Crippen molar-refractivity contribution in [1.29, 1.82) is 0 Å². The van der Waals surface area contributed by atoms with E-state index >= 15 is 0 Å². The number of hydrogen-bond donors (Lipinski definition) is 1. The third kappa shape index (κ3) is 8.05. The molecule has 226 valence electrons. The average molecular weight is 679 g/mol. The molecule has 2 atom stereocenters. The van der Waals surface area contributed by atoms with Gasteiger partial charge in [0.2, 0.25) is 11.8 Å². The van der Waals surface area contributed by atoms with Gasteiger partial charge < -0.3 is 15.0 Å². The molecule has 0 bridgehead atoms. The van der Waals surface area contributed by atoms with Gasteiger partial charge in [0.15, 0.2) is 0 Å². The summed E-state index contributed by atoms with van der Waals surface area (Å²) in [5.74, 6) is -0.384. The number of carbonyl (C=O) groups excluding carboxylic acids is 2. The number of methoxy groups -OCH3 is 1. The second-order valence-electron chi connectivity index (χ2n) is 10.00. The number of ether oxygens (including phenoxy) is 1. The zero-order valence-corrected chi connectivity index (χ0v) is 27.6. The zero-order valence-electron chi connectivity index (χ0n) is 24.4. The van der Waals surface area contributed by atoms with E-state index in [0.717, 1.165) is 16.3 Å². The molecule has 3 aromatic carbocycles. The number of nitrogens with one attached hydrogen (secondary N) is 1. The molecule has 0 heterocycles. The summed E-state index contributed by atoms with van der Waals surface area (Å²) in [6.07, 6.45) is 1.04. The van der Waals surface area contributed by atoms with Gasteiger partial charge >= 0.3 is 0 Å². The van der Waals surface area contributed by atoms with Crippen molar-refractivity contribution < 1.29 is 22.7 Å². The number of anilines is 1. The fourth-order valence-electron chi connectivity index (χ4n) is 4.35. The van der Waals surface area contributed by atoms with Crippen molar-refractivity contribution >= 4 is 55.1 Å². The van der Waals surface area contributed by atoms with Gasteiger partial charge in [-0.2, -0.15) is 0 Å². The van der Waals surface area contributed by atoms with Gasteiger partial charge in [0.25, 0.3) is 10.0 Å². The van der Waals surface area contributed by atoms with Gasteiger partial charge in [0.1, 0.15) is 18.3 Å². The predicted octanol–water partition coefficient (Wildman–Crippen LogP) is 6.34. The van der Waals surface area contributed by atoms with Gasteiger partial charge in [0, 0.05) is 17.6 Å². The average Bonchev–Trinajstić information content (AvgIpc) is 2.96. The van der Waals surface area contributed by atoms with Crippen molar-refractivity contribution in [1.82, 2.24) is 10.2 Å². The topological polar surface area (TPSA) is 96.0 Å². The highest BCUT2D eigenvalue weighted by atomic mass is 79.9. The fourth-order valence-corrected chi connectivity index (χ4v) is 6.67. The van der Waals surface area contributed by atoms with Crippen LogP contribution in [0.15, 0.2) is 76.1 Å². The molecular weight excluding hydrogens is 642 g/mol. The molecule has 0 aliphatic heterocycles. The van der Waals surface area contributed by atoms with E-state index in [1.54, 1.807) is 54.6 Å². The Morgan fingerprint density at radius 1 is 1.02 bits per heavy atom. The lowest BCUT2D eigenvalue weighted by atomic mass is 10.1.